The minimum Gasteiger partial charge on any atom is -0.385 e. The van der Waals surface area contributed by atoms with Gasteiger partial charge in [0, 0.05) is 13.7 Å². The van der Waals surface area contributed by atoms with E-state index in [4.69, 9.17) is 0 Å². The number of thioether (sulfide) groups is 2. The predicted octanol–water partition coefficient (Wildman–Crippen LogP) is 2.42. The number of methoxy groups -OCH3 is 1. The van der Waals surface area contributed by atoms with E-state index >= 15 is 0 Å². The van der Waals surface area contributed by atoms with Gasteiger partial charge in [0.2, 0.25) is 0 Å². The van der Waals surface area contributed by atoms with Crippen LogP contribution < -0.4 is 0 Å². The standard InChI is InChI=1S/C6H10OS2.C3H8O/c7-5-6-8-3-1-2-4-9-6;1-3-4-2/h5-6H,1-4H2;3H2,1-2H3. The third kappa shape index (κ3) is 8.65. The lowest BCUT2D eigenvalue weighted by Gasteiger charge is -2.01. The van der Waals surface area contributed by atoms with Crippen LogP contribution in [-0.4, -0.2) is 36.1 Å². The van der Waals surface area contributed by atoms with Gasteiger partial charge in [0.25, 0.3) is 0 Å². The van der Waals surface area contributed by atoms with Gasteiger partial charge in [0.05, 0.1) is 0 Å². The molecule has 78 valence electrons. The molecule has 0 radical (unpaired) electrons. The Hall–Kier alpha value is 0.330. The van der Waals surface area contributed by atoms with Gasteiger partial charge in [-0.15, -0.1) is 23.5 Å². The third-order valence-corrected chi connectivity index (χ3v) is 4.25. The SMILES string of the molecule is CCOC.O=CC1SCCCCS1. The number of rotatable bonds is 2. The highest BCUT2D eigenvalue weighted by Gasteiger charge is 2.10. The lowest BCUT2D eigenvalue weighted by molar-refractivity contribution is -0.106. The molecule has 0 unspecified atom stereocenters. The Balaban J connectivity index is 0.000000310. The molecule has 0 spiro atoms. The molecule has 0 aromatic carbocycles. The van der Waals surface area contributed by atoms with Gasteiger partial charge in [-0.2, -0.15) is 0 Å². The van der Waals surface area contributed by atoms with Gasteiger partial charge in [0.15, 0.2) is 0 Å². The van der Waals surface area contributed by atoms with Crippen LogP contribution >= 0.6 is 23.5 Å². The topological polar surface area (TPSA) is 26.3 Å². The van der Waals surface area contributed by atoms with Crippen LogP contribution in [0.5, 0.6) is 0 Å². The van der Waals surface area contributed by atoms with E-state index in [1.807, 2.05) is 6.92 Å². The summed E-state index contributed by atoms with van der Waals surface area (Å²) in [4.78, 5) is 10.3. The molecule has 0 N–H and O–H groups in total. The smallest absolute Gasteiger partial charge is 0.142 e. The maximum atomic E-state index is 10.3. The van der Waals surface area contributed by atoms with E-state index in [2.05, 4.69) is 4.74 Å². The van der Waals surface area contributed by atoms with Gasteiger partial charge in [-0.1, -0.05) is 0 Å². The summed E-state index contributed by atoms with van der Waals surface area (Å²) in [7, 11) is 1.68. The summed E-state index contributed by atoms with van der Waals surface area (Å²) >= 11 is 3.56. The zero-order valence-corrected chi connectivity index (χ0v) is 9.96. The molecule has 4 heteroatoms. The summed E-state index contributed by atoms with van der Waals surface area (Å²) < 4.78 is 4.77. The highest BCUT2D eigenvalue weighted by atomic mass is 32.2. The quantitative estimate of drug-likeness (QED) is 0.670. The van der Waals surface area contributed by atoms with E-state index in [1.54, 1.807) is 30.6 Å². The molecule has 13 heavy (non-hydrogen) atoms. The van der Waals surface area contributed by atoms with Gasteiger partial charge in [-0.05, 0) is 31.3 Å². The summed E-state index contributed by atoms with van der Waals surface area (Å²) in [5, 5.41) is 0. The van der Waals surface area contributed by atoms with Gasteiger partial charge in [0.1, 0.15) is 10.9 Å². The predicted molar refractivity (Wildman–Crippen MR) is 61.6 cm³/mol. The Labute approximate surface area is 89.2 Å². The van der Waals surface area contributed by atoms with Gasteiger partial charge in [-0.25, -0.2) is 0 Å². The van der Waals surface area contributed by atoms with Crippen molar-refractivity contribution in [1.29, 1.82) is 0 Å². The Morgan fingerprint density at radius 2 is 1.85 bits per heavy atom. The first-order valence-corrected chi connectivity index (χ1v) is 6.62. The Morgan fingerprint density at radius 3 is 2.15 bits per heavy atom. The highest BCUT2D eigenvalue weighted by Crippen LogP contribution is 2.27. The van der Waals surface area contributed by atoms with Crippen molar-refractivity contribution in [2.75, 3.05) is 25.2 Å². The van der Waals surface area contributed by atoms with Crippen LogP contribution in [0.15, 0.2) is 0 Å². The maximum absolute atomic E-state index is 10.3. The average Bonchev–Trinajstić information content (AvgIpc) is 2.46. The second-order valence-corrected chi connectivity index (χ2v) is 5.33. The van der Waals surface area contributed by atoms with Crippen molar-refractivity contribution in [2.45, 2.75) is 24.3 Å². The van der Waals surface area contributed by atoms with Crippen molar-refractivity contribution in [2.24, 2.45) is 0 Å². The average molecular weight is 222 g/mol. The fraction of sp³-hybridized carbons (Fsp3) is 0.889. The molecule has 2 nitrogen and oxygen atoms in total. The zero-order chi connectivity index (χ0) is 9.94. The lowest BCUT2D eigenvalue weighted by atomic mass is 10.4. The molecule has 0 atom stereocenters. The van der Waals surface area contributed by atoms with E-state index in [1.165, 1.54) is 12.8 Å². The molecule has 1 aliphatic rings. The molecule has 0 amide bonds. The molecule has 1 fully saturated rings. The van der Waals surface area contributed by atoms with Crippen LogP contribution in [0.2, 0.25) is 0 Å². The number of hydrogen-bond donors (Lipinski definition) is 0. The van der Waals surface area contributed by atoms with E-state index in [0.29, 0.717) is 0 Å². The van der Waals surface area contributed by atoms with Crippen molar-refractivity contribution >= 4 is 29.8 Å². The molecular weight excluding hydrogens is 204 g/mol. The molecule has 1 aliphatic heterocycles. The van der Waals surface area contributed by atoms with Crippen molar-refractivity contribution in [3.05, 3.63) is 0 Å². The van der Waals surface area contributed by atoms with E-state index < -0.39 is 0 Å². The van der Waals surface area contributed by atoms with Crippen molar-refractivity contribution in [3.63, 3.8) is 0 Å². The molecule has 1 heterocycles. The Kier molecular flexibility index (Phi) is 10.7. The first-order valence-electron chi connectivity index (χ1n) is 4.52. The monoisotopic (exact) mass is 222 g/mol. The second-order valence-electron chi connectivity index (χ2n) is 2.53. The number of hydrogen-bond acceptors (Lipinski definition) is 4. The normalized spacial score (nSPS) is 18.3. The fourth-order valence-corrected chi connectivity index (χ4v) is 3.06. The van der Waals surface area contributed by atoms with Crippen LogP contribution in [-0.2, 0) is 9.53 Å². The van der Waals surface area contributed by atoms with Crippen LogP contribution in [0.1, 0.15) is 19.8 Å². The first-order chi connectivity index (χ1) is 6.35. The molecular formula is C9H18O2S2. The maximum Gasteiger partial charge on any atom is 0.142 e. The van der Waals surface area contributed by atoms with Gasteiger partial charge >= 0.3 is 0 Å². The number of aldehydes is 1. The van der Waals surface area contributed by atoms with Gasteiger partial charge < -0.3 is 9.53 Å². The molecule has 0 saturated carbocycles. The fourth-order valence-electron chi connectivity index (χ4n) is 0.730. The largest absolute Gasteiger partial charge is 0.385 e. The molecule has 1 saturated heterocycles. The minimum absolute atomic E-state index is 0.229. The summed E-state index contributed by atoms with van der Waals surface area (Å²) in [5.41, 5.74) is 0. The summed E-state index contributed by atoms with van der Waals surface area (Å²) in [5.74, 6) is 2.33. The molecule has 0 aromatic rings. The molecule has 1 rings (SSSR count). The minimum atomic E-state index is 0.229. The van der Waals surface area contributed by atoms with Gasteiger partial charge in [-0.3, -0.25) is 0 Å². The lowest BCUT2D eigenvalue weighted by Crippen LogP contribution is -1.96. The van der Waals surface area contributed by atoms with Crippen LogP contribution in [0.3, 0.4) is 0 Å². The van der Waals surface area contributed by atoms with E-state index in [0.717, 1.165) is 24.4 Å². The Morgan fingerprint density at radius 1 is 1.38 bits per heavy atom. The highest BCUT2D eigenvalue weighted by molar-refractivity contribution is 8.18. The Bertz CT molecular complexity index is 110. The number of carbonyl (C=O) groups excluding carboxylic acids is 1. The van der Waals surface area contributed by atoms with Crippen molar-refractivity contribution < 1.29 is 9.53 Å². The van der Waals surface area contributed by atoms with Crippen LogP contribution in [0.4, 0.5) is 0 Å². The first kappa shape index (κ1) is 13.3. The summed E-state index contributed by atoms with van der Waals surface area (Å²) in [6.45, 7) is 2.78. The van der Waals surface area contributed by atoms with Crippen LogP contribution in [0.25, 0.3) is 0 Å². The number of carbonyl (C=O) groups is 1. The van der Waals surface area contributed by atoms with E-state index in [-0.39, 0.29) is 4.58 Å². The molecule has 0 aliphatic carbocycles. The zero-order valence-electron chi connectivity index (χ0n) is 8.32. The van der Waals surface area contributed by atoms with Crippen molar-refractivity contribution in [1.82, 2.24) is 0 Å². The number of ether oxygens (including phenoxy) is 1. The van der Waals surface area contributed by atoms with Crippen molar-refractivity contribution in [3.8, 4) is 0 Å². The second kappa shape index (κ2) is 10.4. The van der Waals surface area contributed by atoms with E-state index in [9.17, 15) is 4.79 Å². The third-order valence-electron chi connectivity index (χ3n) is 1.50. The van der Waals surface area contributed by atoms with Crippen LogP contribution in [0, 0.1) is 0 Å². The molecule has 0 aromatic heterocycles. The molecule has 0 bridgehead atoms. The summed E-state index contributed by atoms with van der Waals surface area (Å²) in [6, 6.07) is 0. The summed E-state index contributed by atoms with van der Waals surface area (Å²) in [6.07, 6.45) is 3.62.